The van der Waals surface area contributed by atoms with E-state index in [1.54, 1.807) is 0 Å². The second-order valence-electron chi connectivity index (χ2n) is 4.86. The fourth-order valence-electron chi connectivity index (χ4n) is 2.23. The summed E-state index contributed by atoms with van der Waals surface area (Å²) in [6, 6.07) is 9.05. The van der Waals surface area contributed by atoms with Gasteiger partial charge in [-0.3, -0.25) is 0 Å². The van der Waals surface area contributed by atoms with Gasteiger partial charge in [0.05, 0.1) is 0 Å². The molecule has 0 bridgehead atoms. The molecule has 0 spiro atoms. The van der Waals surface area contributed by atoms with Gasteiger partial charge >= 0.3 is 0 Å². The first-order valence-electron chi connectivity index (χ1n) is 6.56. The van der Waals surface area contributed by atoms with Crippen LogP contribution in [0.15, 0.2) is 41.8 Å². The maximum absolute atomic E-state index is 4.06. The first kappa shape index (κ1) is 13.3. The molecule has 2 aromatic rings. The summed E-state index contributed by atoms with van der Waals surface area (Å²) in [4.78, 5) is 0. The van der Waals surface area contributed by atoms with Crippen molar-refractivity contribution in [3.05, 3.63) is 47.4 Å². The van der Waals surface area contributed by atoms with E-state index in [0.717, 1.165) is 19.4 Å². The molecule has 1 aromatic heterocycles. The topological polar surface area (TPSA) is 12.0 Å². The molecule has 18 heavy (non-hydrogen) atoms. The van der Waals surface area contributed by atoms with E-state index < -0.39 is 0 Å². The Hall–Kier alpha value is -1.12. The summed E-state index contributed by atoms with van der Waals surface area (Å²) < 4.78 is 1.37. The summed E-state index contributed by atoms with van der Waals surface area (Å²) in [5.41, 5.74) is 2.66. The highest BCUT2D eigenvalue weighted by molar-refractivity contribution is 7.17. The zero-order valence-electron chi connectivity index (χ0n) is 11.2. The smallest absolute Gasteiger partial charge is 0.0371 e. The largest absolute Gasteiger partial charge is 0.310 e. The molecular weight excluding hydrogens is 238 g/mol. The quantitative estimate of drug-likeness (QED) is 0.727. The standard InChI is InChI=1S/C16H21NS/c1-4-9-17-15(10-12(2)3)14-11-18-16-8-6-5-7-13(14)16/h5-8,11,15,17H,2,4,9-10H2,1,3H3. The number of fused-ring (bicyclic) bond motifs is 1. The Morgan fingerprint density at radius 1 is 1.39 bits per heavy atom. The molecule has 1 aromatic carbocycles. The van der Waals surface area contributed by atoms with E-state index in [9.17, 15) is 0 Å². The molecule has 0 fully saturated rings. The SMILES string of the molecule is C=C(C)CC(NCCC)c1csc2ccccc12. The number of thiophene rings is 1. The minimum absolute atomic E-state index is 0.401. The number of hydrogen-bond acceptors (Lipinski definition) is 2. The number of benzene rings is 1. The van der Waals surface area contributed by atoms with E-state index in [0.29, 0.717) is 6.04 Å². The van der Waals surface area contributed by atoms with Crippen LogP contribution in [0.3, 0.4) is 0 Å². The molecular formula is C16H21NS. The third-order valence-corrected chi connectivity index (χ3v) is 4.06. The lowest BCUT2D eigenvalue weighted by atomic mass is 9.99. The molecule has 0 aliphatic carbocycles. The minimum atomic E-state index is 0.401. The van der Waals surface area contributed by atoms with Gasteiger partial charge in [0.2, 0.25) is 0 Å². The molecule has 1 N–H and O–H groups in total. The van der Waals surface area contributed by atoms with Gasteiger partial charge in [0.25, 0.3) is 0 Å². The van der Waals surface area contributed by atoms with Crippen molar-refractivity contribution >= 4 is 21.4 Å². The molecule has 0 saturated carbocycles. The van der Waals surface area contributed by atoms with Crippen molar-refractivity contribution in [3.8, 4) is 0 Å². The van der Waals surface area contributed by atoms with E-state index in [1.165, 1.54) is 21.2 Å². The van der Waals surface area contributed by atoms with Gasteiger partial charge in [0.1, 0.15) is 0 Å². The summed E-state index contributed by atoms with van der Waals surface area (Å²) in [5.74, 6) is 0. The van der Waals surface area contributed by atoms with Gasteiger partial charge in [0, 0.05) is 10.7 Å². The number of hydrogen-bond donors (Lipinski definition) is 1. The first-order chi connectivity index (χ1) is 8.72. The molecule has 1 atom stereocenters. The molecule has 1 nitrogen and oxygen atoms in total. The van der Waals surface area contributed by atoms with Gasteiger partial charge in [-0.1, -0.05) is 30.7 Å². The lowest BCUT2D eigenvalue weighted by Crippen LogP contribution is -2.22. The molecule has 0 aliphatic heterocycles. The summed E-state index contributed by atoms with van der Waals surface area (Å²) in [7, 11) is 0. The van der Waals surface area contributed by atoms with Crippen molar-refractivity contribution in [3.63, 3.8) is 0 Å². The van der Waals surface area contributed by atoms with E-state index in [1.807, 2.05) is 11.3 Å². The van der Waals surface area contributed by atoms with Gasteiger partial charge in [-0.2, -0.15) is 0 Å². The van der Waals surface area contributed by atoms with Crippen LogP contribution in [0, 0.1) is 0 Å². The van der Waals surface area contributed by atoms with E-state index in [-0.39, 0.29) is 0 Å². The Balaban J connectivity index is 2.31. The van der Waals surface area contributed by atoms with Gasteiger partial charge in [0.15, 0.2) is 0 Å². The third-order valence-electron chi connectivity index (χ3n) is 3.08. The van der Waals surface area contributed by atoms with Gasteiger partial charge in [-0.05, 0) is 48.7 Å². The highest BCUT2D eigenvalue weighted by Crippen LogP contribution is 2.32. The molecule has 2 rings (SSSR count). The van der Waals surface area contributed by atoms with Crippen LogP contribution in [0.2, 0.25) is 0 Å². The van der Waals surface area contributed by atoms with Crippen LogP contribution in [0.1, 0.15) is 38.3 Å². The summed E-state index contributed by atoms with van der Waals surface area (Å²) in [5, 5.41) is 7.32. The average Bonchev–Trinajstić information content (AvgIpc) is 2.78. The maximum Gasteiger partial charge on any atom is 0.0371 e. The van der Waals surface area contributed by atoms with E-state index >= 15 is 0 Å². The molecule has 0 aliphatic rings. The van der Waals surface area contributed by atoms with Crippen molar-refractivity contribution in [2.75, 3.05) is 6.54 Å². The van der Waals surface area contributed by atoms with Crippen LogP contribution in [0.25, 0.3) is 10.1 Å². The molecule has 1 heterocycles. The van der Waals surface area contributed by atoms with Crippen LogP contribution in [0.5, 0.6) is 0 Å². The van der Waals surface area contributed by atoms with Crippen molar-refractivity contribution in [2.24, 2.45) is 0 Å². The monoisotopic (exact) mass is 259 g/mol. The Morgan fingerprint density at radius 3 is 2.89 bits per heavy atom. The van der Waals surface area contributed by atoms with Crippen LogP contribution >= 0.6 is 11.3 Å². The second kappa shape index (κ2) is 6.17. The molecule has 2 heteroatoms. The molecule has 96 valence electrons. The predicted octanol–water partition coefficient (Wildman–Crippen LogP) is 4.91. The minimum Gasteiger partial charge on any atom is -0.310 e. The second-order valence-corrected chi connectivity index (χ2v) is 5.77. The fraction of sp³-hybridized carbons (Fsp3) is 0.375. The predicted molar refractivity (Wildman–Crippen MR) is 82.3 cm³/mol. The van der Waals surface area contributed by atoms with Crippen LogP contribution in [-0.2, 0) is 0 Å². The zero-order valence-corrected chi connectivity index (χ0v) is 12.0. The molecule has 0 saturated heterocycles. The zero-order chi connectivity index (χ0) is 13.0. The van der Waals surface area contributed by atoms with Crippen LogP contribution in [-0.4, -0.2) is 6.54 Å². The lowest BCUT2D eigenvalue weighted by Gasteiger charge is -2.18. The third kappa shape index (κ3) is 3.01. The summed E-state index contributed by atoms with van der Waals surface area (Å²) in [6.45, 7) is 9.43. The molecule has 1 unspecified atom stereocenters. The lowest BCUT2D eigenvalue weighted by molar-refractivity contribution is 0.532. The van der Waals surface area contributed by atoms with Crippen molar-refractivity contribution in [2.45, 2.75) is 32.7 Å². The van der Waals surface area contributed by atoms with Gasteiger partial charge < -0.3 is 5.32 Å². The Labute approximate surface area is 114 Å². The van der Waals surface area contributed by atoms with Crippen molar-refractivity contribution < 1.29 is 0 Å². The van der Waals surface area contributed by atoms with Gasteiger partial charge in [-0.15, -0.1) is 17.9 Å². The van der Waals surface area contributed by atoms with E-state index in [4.69, 9.17) is 0 Å². The molecule has 0 radical (unpaired) electrons. The van der Waals surface area contributed by atoms with Crippen LogP contribution in [0.4, 0.5) is 0 Å². The fourth-order valence-corrected chi connectivity index (χ4v) is 3.24. The highest BCUT2D eigenvalue weighted by atomic mass is 32.1. The maximum atomic E-state index is 4.06. The Morgan fingerprint density at radius 2 is 2.17 bits per heavy atom. The van der Waals surface area contributed by atoms with E-state index in [2.05, 4.69) is 55.4 Å². The Bertz CT molecular complexity index is 527. The summed E-state index contributed by atoms with van der Waals surface area (Å²) in [6.07, 6.45) is 2.18. The van der Waals surface area contributed by atoms with Crippen molar-refractivity contribution in [1.29, 1.82) is 0 Å². The Kier molecular flexibility index (Phi) is 4.56. The average molecular weight is 259 g/mol. The van der Waals surface area contributed by atoms with Crippen molar-refractivity contribution in [1.82, 2.24) is 5.32 Å². The normalized spacial score (nSPS) is 12.8. The van der Waals surface area contributed by atoms with Crippen LogP contribution < -0.4 is 5.32 Å². The first-order valence-corrected chi connectivity index (χ1v) is 7.44. The summed E-state index contributed by atoms with van der Waals surface area (Å²) >= 11 is 1.83. The van der Waals surface area contributed by atoms with Gasteiger partial charge in [-0.25, -0.2) is 0 Å². The number of nitrogens with one attached hydrogen (secondary N) is 1. The molecule has 0 amide bonds. The number of rotatable bonds is 6. The highest BCUT2D eigenvalue weighted by Gasteiger charge is 2.15.